The van der Waals surface area contributed by atoms with Crippen LogP contribution in [0, 0.1) is 0 Å². The van der Waals surface area contributed by atoms with Crippen LogP contribution in [0.5, 0.6) is 11.5 Å². The van der Waals surface area contributed by atoms with Gasteiger partial charge in [0.15, 0.2) is 22.4 Å². The molecule has 1 aliphatic rings. The monoisotopic (exact) mass is 408 g/mol. The van der Waals surface area contributed by atoms with E-state index in [9.17, 15) is 4.79 Å². The van der Waals surface area contributed by atoms with Gasteiger partial charge in [-0.2, -0.15) is 0 Å². The predicted molar refractivity (Wildman–Crippen MR) is 121 cm³/mol. The standard InChI is InChI=1S/C23H24N2O3S/c1-3-14-28-21-12-6-17(16-22(21)27-2)5-11-20(26)18-7-9-19(10-8-18)25-23-24-13-4-15-29-23/h3,5-12,16H,1,4,13-15H2,2H3,(H,24,25)/b11-5+. The molecule has 29 heavy (non-hydrogen) atoms. The molecule has 2 aromatic carbocycles. The van der Waals surface area contributed by atoms with Crippen LogP contribution in [0.3, 0.4) is 0 Å². The molecular formula is C23H24N2O3S. The number of anilines is 1. The molecule has 0 amide bonds. The zero-order valence-corrected chi connectivity index (χ0v) is 17.2. The summed E-state index contributed by atoms with van der Waals surface area (Å²) in [5, 5.41) is 4.22. The number of nitrogens with one attached hydrogen (secondary N) is 1. The highest BCUT2D eigenvalue weighted by Gasteiger charge is 2.08. The number of hydrogen-bond donors (Lipinski definition) is 1. The fourth-order valence-electron chi connectivity index (χ4n) is 2.70. The molecule has 1 N–H and O–H groups in total. The molecule has 6 heteroatoms. The van der Waals surface area contributed by atoms with Gasteiger partial charge in [0.1, 0.15) is 6.61 Å². The third kappa shape index (κ3) is 5.99. The van der Waals surface area contributed by atoms with Crippen molar-refractivity contribution in [3.63, 3.8) is 0 Å². The van der Waals surface area contributed by atoms with E-state index in [1.165, 1.54) is 0 Å². The van der Waals surface area contributed by atoms with Gasteiger partial charge in [0.2, 0.25) is 0 Å². The Balaban J connectivity index is 1.64. The third-order valence-corrected chi connectivity index (χ3v) is 5.19. The van der Waals surface area contributed by atoms with E-state index in [4.69, 9.17) is 9.47 Å². The number of thioether (sulfide) groups is 1. The number of benzene rings is 2. The van der Waals surface area contributed by atoms with Gasteiger partial charge in [0.25, 0.3) is 0 Å². The second-order valence-electron chi connectivity index (χ2n) is 6.30. The summed E-state index contributed by atoms with van der Waals surface area (Å²) in [5.74, 6) is 2.27. The Morgan fingerprint density at radius 1 is 1.24 bits per heavy atom. The van der Waals surface area contributed by atoms with E-state index < -0.39 is 0 Å². The summed E-state index contributed by atoms with van der Waals surface area (Å²) in [7, 11) is 1.59. The van der Waals surface area contributed by atoms with Crippen molar-refractivity contribution in [2.24, 2.45) is 4.99 Å². The minimum Gasteiger partial charge on any atom is -0.493 e. The van der Waals surface area contributed by atoms with E-state index in [1.807, 2.05) is 42.5 Å². The van der Waals surface area contributed by atoms with Crippen LogP contribution in [-0.4, -0.2) is 37.0 Å². The van der Waals surface area contributed by atoms with Crippen LogP contribution < -0.4 is 14.8 Å². The Kier molecular flexibility index (Phi) is 7.53. The molecule has 0 aromatic heterocycles. The van der Waals surface area contributed by atoms with Gasteiger partial charge >= 0.3 is 0 Å². The molecule has 3 rings (SSSR count). The van der Waals surface area contributed by atoms with Crippen molar-refractivity contribution in [1.29, 1.82) is 0 Å². The summed E-state index contributed by atoms with van der Waals surface area (Å²) in [6.45, 7) is 4.90. The van der Waals surface area contributed by atoms with Crippen LogP contribution in [0.1, 0.15) is 22.3 Å². The molecule has 0 fully saturated rings. The van der Waals surface area contributed by atoms with E-state index >= 15 is 0 Å². The van der Waals surface area contributed by atoms with Crippen LogP contribution in [-0.2, 0) is 0 Å². The number of aliphatic imine (C=N–C) groups is 1. The van der Waals surface area contributed by atoms with Crippen LogP contribution >= 0.6 is 11.8 Å². The van der Waals surface area contributed by atoms with E-state index in [1.54, 1.807) is 37.1 Å². The van der Waals surface area contributed by atoms with Gasteiger partial charge in [-0.15, -0.1) is 0 Å². The summed E-state index contributed by atoms with van der Waals surface area (Å²) >= 11 is 1.72. The third-order valence-electron chi connectivity index (χ3n) is 4.19. The lowest BCUT2D eigenvalue weighted by Crippen LogP contribution is -2.13. The number of ether oxygens (including phenoxy) is 2. The lowest BCUT2D eigenvalue weighted by atomic mass is 10.1. The van der Waals surface area contributed by atoms with Crippen molar-refractivity contribution in [2.45, 2.75) is 6.42 Å². The lowest BCUT2D eigenvalue weighted by Gasteiger charge is -2.13. The number of hydrogen-bond acceptors (Lipinski definition) is 6. The Morgan fingerprint density at radius 2 is 2.07 bits per heavy atom. The molecule has 0 aliphatic carbocycles. The van der Waals surface area contributed by atoms with Gasteiger partial charge in [-0.3, -0.25) is 9.79 Å². The Labute approximate surface area is 175 Å². The first-order valence-electron chi connectivity index (χ1n) is 9.38. The minimum absolute atomic E-state index is 0.0631. The topological polar surface area (TPSA) is 59.9 Å². The molecule has 5 nitrogen and oxygen atoms in total. The average Bonchev–Trinajstić information content (AvgIpc) is 2.77. The highest BCUT2D eigenvalue weighted by molar-refractivity contribution is 8.14. The van der Waals surface area contributed by atoms with Crippen LogP contribution in [0.15, 0.2) is 66.2 Å². The first-order chi connectivity index (χ1) is 14.2. The summed E-state index contributed by atoms with van der Waals surface area (Å²) < 4.78 is 10.9. The molecule has 1 heterocycles. The molecule has 0 radical (unpaired) electrons. The second-order valence-corrected chi connectivity index (χ2v) is 7.38. The summed E-state index contributed by atoms with van der Waals surface area (Å²) in [5.41, 5.74) is 2.41. The fraction of sp³-hybridized carbons (Fsp3) is 0.217. The summed E-state index contributed by atoms with van der Waals surface area (Å²) in [6, 6.07) is 12.9. The van der Waals surface area contributed by atoms with Crippen molar-refractivity contribution in [2.75, 3.05) is 31.3 Å². The number of amidine groups is 1. The van der Waals surface area contributed by atoms with Crippen LogP contribution in [0.4, 0.5) is 5.69 Å². The van der Waals surface area contributed by atoms with Crippen molar-refractivity contribution in [1.82, 2.24) is 0 Å². The van der Waals surface area contributed by atoms with E-state index in [-0.39, 0.29) is 5.78 Å². The number of nitrogens with zero attached hydrogens (tertiary/aromatic N) is 1. The van der Waals surface area contributed by atoms with E-state index in [2.05, 4.69) is 16.9 Å². The van der Waals surface area contributed by atoms with Gasteiger partial charge in [-0.1, -0.05) is 36.6 Å². The maximum Gasteiger partial charge on any atom is 0.185 e. The van der Waals surface area contributed by atoms with E-state index in [0.717, 1.165) is 35.1 Å². The Hall–Kier alpha value is -2.99. The highest BCUT2D eigenvalue weighted by Crippen LogP contribution is 2.28. The van der Waals surface area contributed by atoms with Crippen LogP contribution in [0.25, 0.3) is 6.08 Å². The smallest absolute Gasteiger partial charge is 0.185 e. The number of methoxy groups -OCH3 is 1. The first-order valence-corrected chi connectivity index (χ1v) is 10.4. The summed E-state index contributed by atoms with van der Waals surface area (Å²) in [6.07, 6.45) is 6.12. The molecular weight excluding hydrogens is 384 g/mol. The fourth-order valence-corrected chi connectivity index (χ4v) is 3.54. The highest BCUT2D eigenvalue weighted by atomic mass is 32.2. The van der Waals surface area contributed by atoms with Gasteiger partial charge in [-0.05, 0) is 54.5 Å². The van der Waals surface area contributed by atoms with Gasteiger partial charge in [-0.25, -0.2) is 0 Å². The maximum absolute atomic E-state index is 12.5. The van der Waals surface area contributed by atoms with Crippen molar-refractivity contribution < 1.29 is 14.3 Å². The molecule has 0 spiro atoms. The largest absolute Gasteiger partial charge is 0.493 e. The maximum atomic E-state index is 12.5. The molecule has 0 bridgehead atoms. The Bertz CT molecular complexity index is 920. The number of ketones is 1. The number of allylic oxidation sites excluding steroid dienone is 1. The van der Waals surface area contributed by atoms with Crippen molar-refractivity contribution >= 4 is 34.5 Å². The number of carbonyl (C=O) groups excluding carboxylic acids is 1. The molecule has 0 saturated heterocycles. The summed E-state index contributed by atoms with van der Waals surface area (Å²) in [4.78, 5) is 16.9. The first kappa shape index (κ1) is 20.7. The zero-order valence-electron chi connectivity index (χ0n) is 16.4. The van der Waals surface area contributed by atoms with E-state index in [0.29, 0.717) is 23.7 Å². The van der Waals surface area contributed by atoms with Gasteiger partial charge in [0, 0.05) is 23.5 Å². The number of carbonyl (C=O) groups is 1. The van der Waals surface area contributed by atoms with Crippen molar-refractivity contribution in [3.05, 3.63) is 72.3 Å². The normalized spacial score (nSPS) is 13.6. The SMILES string of the molecule is C=CCOc1ccc(/C=C/C(=O)c2ccc(NC3=NCCCS3)cc2)cc1OC. The Morgan fingerprint density at radius 3 is 2.76 bits per heavy atom. The predicted octanol–water partition coefficient (Wildman–Crippen LogP) is 5.06. The molecule has 2 aromatic rings. The number of rotatable bonds is 8. The zero-order chi connectivity index (χ0) is 20.5. The quantitative estimate of drug-likeness (QED) is 0.376. The average molecular weight is 409 g/mol. The van der Waals surface area contributed by atoms with Crippen LogP contribution in [0.2, 0.25) is 0 Å². The second kappa shape index (κ2) is 10.5. The minimum atomic E-state index is -0.0631. The molecule has 1 aliphatic heterocycles. The molecule has 0 unspecified atom stereocenters. The van der Waals surface area contributed by atoms with Gasteiger partial charge in [0.05, 0.1) is 7.11 Å². The molecule has 150 valence electrons. The van der Waals surface area contributed by atoms with Crippen molar-refractivity contribution in [3.8, 4) is 11.5 Å². The van der Waals surface area contributed by atoms with Gasteiger partial charge < -0.3 is 14.8 Å². The molecule has 0 saturated carbocycles. The lowest BCUT2D eigenvalue weighted by molar-refractivity contribution is 0.104. The molecule has 0 atom stereocenters.